The van der Waals surface area contributed by atoms with Crippen LogP contribution in [0, 0.1) is 13.8 Å². The molecule has 1 atom stereocenters. The molecular formula is C28H26N4O5. The Kier molecular flexibility index (Phi) is 5.48. The van der Waals surface area contributed by atoms with Crippen molar-refractivity contribution >= 4 is 28.6 Å². The molecule has 0 aliphatic carbocycles. The molecule has 1 saturated heterocycles. The van der Waals surface area contributed by atoms with Crippen molar-refractivity contribution in [2.24, 2.45) is 0 Å². The first-order valence-corrected chi connectivity index (χ1v) is 12.2. The van der Waals surface area contributed by atoms with Crippen molar-refractivity contribution in [3.8, 4) is 17.2 Å². The average Bonchev–Trinajstić information content (AvgIpc) is 3.53. The predicted molar refractivity (Wildman–Crippen MR) is 137 cm³/mol. The first-order chi connectivity index (χ1) is 17.9. The number of imide groups is 1. The molecule has 37 heavy (non-hydrogen) atoms. The summed E-state index contributed by atoms with van der Waals surface area (Å²) >= 11 is 0. The minimum atomic E-state index is -0.718. The van der Waals surface area contributed by atoms with E-state index in [-0.39, 0.29) is 12.3 Å². The van der Waals surface area contributed by atoms with Crippen molar-refractivity contribution in [2.75, 3.05) is 19.8 Å². The van der Waals surface area contributed by atoms with E-state index >= 15 is 0 Å². The lowest BCUT2D eigenvalue weighted by Crippen LogP contribution is -2.36. The summed E-state index contributed by atoms with van der Waals surface area (Å²) in [5.74, 6) is 0.650. The number of hydrogen-bond acceptors (Lipinski definition) is 5. The largest absolute Gasteiger partial charge is 0.486 e. The summed E-state index contributed by atoms with van der Waals surface area (Å²) in [6, 6.07) is 14.0. The predicted octanol–water partition coefficient (Wildman–Crippen LogP) is 3.69. The number of ether oxygens (including phenoxy) is 2. The van der Waals surface area contributed by atoms with Gasteiger partial charge in [0.2, 0.25) is 0 Å². The summed E-state index contributed by atoms with van der Waals surface area (Å²) < 4.78 is 13.3. The van der Waals surface area contributed by atoms with Gasteiger partial charge in [-0.1, -0.05) is 18.2 Å². The van der Waals surface area contributed by atoms with Gasteiger partial charge in [0.15, 0.2) is 17.3 Å². The van der Waals surface area contributed by atoms with E-state index in [1.807, 2.05) is 67.1 Å². The van der Waals surface area contributed by atoms with E-state index in [0.29, 0.717) is 36.7 Å². The van der Waals surface area contributed by atoms with Gasteiger partial charge in [0.05, 0.1) is 6.54 Å². The van der Waals surface area contributed by atoms with Crippen molar-refractivity contribution in [1.29, 1.82) is 0 Å². The molecule has 0 bridgehead atoms. The van der Waals surface area contributed by atoms with Crippen molar-refractivity contribution in [1.82, 2.24) is 19.8 Å². The van der Waals surface area contributed by atoms with Crippen molar-refractivity contribution in [3.05, 3.63) is 77.2 Å². The standard InChI is InChI=1S/C28H26N4O5/c1-16-11-21(17(2)32(16)19-7-8-25-26(13-19)37-10-9-36-25)24(33)15-31-27(34)23(30-28(31)35)12-18-14-29-22-6-4-3-5-20(18)22/h3-8,11,13-14,23,29H,9-10,12,15H2,1-2H3,(H,30,35)/t23-/m1/s1. The zero-order valence-electron chi connectivity index (χ0n) is 20.5. The number of carbonyl (C=O) groups is 3. The number of para-hydroxylation sites is 1. The molecular weight excluding hydrogens is 472 g/mol. The minimum absolute atomic E-state index is 0.298. The number of aromatic amines is 1. The van der Waals surface area contributed by atoms with E-state index in [0.717, 1.165) is 38.4 Å². The molecule has 9 nitrogen and oxygen atoms in total. The first-order valence-electron chi connectivity index (χ1n) is 12.2. The van der Waals surface area contributed by atoms with Crippen molar-refractivity contribution in [3.63, 3.8) is 0 Å². The van der Waals surface area contributed by atoms with Crippen LogP contribution in [-0.2, 0) is 11.2 Å². The molecule has 0 radical (unpaired) electrons. The number of fused-ring (bicyclic) bond motifs is 2. The summed E-state index contributed by atoms with van der Waals surface area (Å²) in [4.78, 5) is 43.3. The molecule has 1 fully saturated rings. The van der Waals surface area contributed by atoms with Gasteiger partial charge < -0.3 is 24.3 Å². The molecule has 188 valence electrons. The molecule has 4 aromatic rings. The van der Waals surface area contributed by atoms with Gasteiger partial charge in [0.1, 0.15) is 19.3 Å². The molecule has 4 heterocycles. The lowest BCUT2D eigenvalue weighted by Gasteiger charge is -2.20. The number of aryl methyl sites for hydroxylation is 1. The van der Waals surface area contributed by atoms with E-state index in [4.69, 9.17) is 9.47 Å². The smallest absolute Gasteiger partial charge is 0.325 e. The number of Topliss-reactive ketones (excluding diaryl/α,β-unsaturated/α-hetero) is 1. The van der Waals surface area contributed by atoms with E-state index < -0.39 is 18.0 Å². The SMILES string of the molecule is Cc1cc(C(=O)CN2C(=O)N[C@H](Cc3c[nH]c4ccccc34)C2=O)c(C)n1-c1ccc2c(c1)OCCO2. The third kappa shape index (κ3) is 3.92. The lowest BCUT2D eigenvalue weighted by molar-refractivity contribution is -0.127. The molecule has 2 aliphatic heterocycles. The van der Waals surface area contributed by atoms with Crippen LogP contribution in [0.15, 0.2) is 54.7 Å². The average molecular weight is 499 g/mol. The highest BCUT2D eigenvalue weighted by atomic mass is 16.6. The number of ketones is 1. The number of nitrogens with zero attached hydrogens (tertiary/aromatic N) is 2. The Morgan fingerprint density at radius 1 is 1.03 bits per heavy atom. The summed E-state index contributed by atoms with van der Waals surface area (Å²) in [6.07, 6.45) is 2.20. The minimum Gasteiger partial charge on any atom is -0.486 e. The number of H-pyrrole nitrogens is 1. The number of nitrogens with one attached hydrogen (secondary N) is 2. The van der Waals surface area contributed by atoms with Crippen LogP contribution < -0.4 is 14.8 Å². The topological polar surface area (TPSA) is 106 Å². The Morgan fingerprint density at radius 2 is 1.81 bits per heavy atom. The number of amides is 3. The van der Waals surface area contributed by atoms with Gasteiger partial charge >= 0.3 is 6.03 Å². The fourth-order valence-electron chi connectivity index (χ4n) is 5.23. The van der Waals surface area contributed by atoms with Crippen LogP contribution in [0.5, 0.6) is 11.5 Å². The van der Waals surface area contributed by atoms with Gasteiger partial charge in [0, 0.05) is 52.2 Å². The maximum atomic E-state index is 13.3. The summed E-state index contributed by atoms with van der Waals surface area (Å²) in [5, 5.41) is 3.75. The van der Waals surface area contributed by atoms with E-state index in [9.17, 15) is 14.4 Å². The van der Waals surface area contributed by atoms with Gasteiger partial charge in [-0.3, -0.25) is 14.5 Å². The molecule has 2 aromatic heterocycles. The lowest BCUT2D eigenvalue weighted by atomic mass is 10.0. The Morgan fingerprint density at radius 3 is 2.65 bits per heavy atom. The third-order valence-electron chi connectivity index (χ3n) is 7.02. The summed E-state index contributed by atoms with van der Waals surface area (Å²) in [7, 11) is 0. The van der Waals surface area contributed by atoms with E-state index in [2.05, 4.69) is 10.3 Å². The normalized spacial score (nSPS) is 16.9. The molecule has 6 rings (SSSR count). The fourth-order valence-corrected chi connectivity index (χ4v) is 5.23. The number of rotatable bonds is 6. The summed E-state index contributed by atoms with van der Waals surface area (Å²) in [6.45, 7) is 4.43. The third-order valence-corrected chi connectivity index (χ3v) is 7.02. The maximum absolute atomic E-state index is 13.3. The van der Waals surface area contributed by atoms with Crippen LogP contribution in [-0.4, -0.2) is 58.0 Å². The zero-order chi connectivity index (χ0) is 25.7. The van der Waals surface area contributed by atoms with Gasteiger partial charge in [-0.05, 0) is 43.7 Å². The van der Waals surface area contributed by atoms with E-state index in [1.54, 1.807) is 6.07 Å². The second-order valence-electron chi connectivity index (χ2n) is 9.36. The highest BCUT2D eigenvalue weighted by Crippen LogP contribution is 2.33. The molecule has 9 heteroatoms. The number of urea groups is 1. The summed E-state index contributed by atoms with van der Waals surface area (Å²) in [5.41, 5.74) is 4.79. The van der Waals surface area contributed by atoms with Crippen LogP contribution in [0.25, 0.3) is 16.6 Å². The van der Waals surface area contributed by atoms with Crippen LogP contribution >= 0.6 is 0 Å². The number of aromatic nitrogens is 2. The second-order valence-corrected chi connectivity index (χ2v) is 9.36. The number of benzene rings is 2. The zero-order valence-corrected chi connectivity index (χ0v) is 20.5. The van der Waals surface area contributed by atoms with Gasteiger partial charge in [0.25, 0.3) is 5.91 Å². The second kappa shape index (κ2) is 8.85. The molecule has 2 N–H and O–H groups in total. The molecule has 2 aliphatic rings. The Hall–Kier alpha value is -4.53. The molecule has 0 unspecified atom stereocenters. The van der Waals surface area contributed by atoms with Crippen LogP contribution in [0.3, 0.4) is 0 Å². The van der Waals surface area contributed by atoms with Crippen LogP contribution in [0.1, 0.15) is 27.3 Å². The number of carbonyl (C=O) groups excluding carboxylic acids is 3. The van der Waals surface area contributed by atoms with Crippen LogP contribution in [0.2, 0.25) is 0 Å². The van der Waals surface area contributed by atoms with Gasteiger partial charge in [-0.25, -0.2) is 4.79 Å². The Balaban J connectivity index is 1.20. The highest BCUT2D eigenvalue weighted by molar-refractivity contribution is 6.09. The first kappa shape index (κ1) is 22.9. The van der Waals surface area contributed by atoms with Crippen LogP contribution in [0.4, 0.5) is 4.79 Å². The Labute approximate surface area is 213 Å². The van der Waals surface area contributed by atoms with Crippen molar-refractivity contribution < 1.29 is 23.9 Å². The number of hydrogen-bond donors (Lipinski definition) is 2. The molecule has 3 amide bonds. The Bertz CT molecular complexity index is 1570. The molecule has 0 spiro atoms. The highest BCUT2D eigenvalue weighted by Gasteiger charge is 2.39. The van der Waals surface area contributed by atoms with Gasteiger partial charge in [-0.15, -0.1) is 0 Å². The van der Waals surface area contributed by atoms with Gasteiger partial charge in [-0.2, -0.15) is 0 Å². The van der Waals surface area contributed by atoms with E-state index in [1.165, 1.54) is 0 Å². The monoisotopic (exact) mass is 498 g/mol. The maximum Gasteiger partial charge on any atom is 0.325 e. The van der Waals surface area contributed by atoms with Crippen molar-refractivity contribution in [2.45, 2.75) is 26.3 Å². The fraction of sp³-hybridized carbons (Fsp3) is 0.250. The molecule has 0 saturated carbocycles. The quantitative estimate of drug-likeness (QED) is 0.312. The molecule has 2 aromatic carbocycles.